The van der Waals surface area contributed by atoms with Gasteiger partial charge in [-0.1, -0.05) is 26.0 Å². The van der Waals surface area contributed by atoms with Gasteiger partial charge in [-0.3, -0.25) is 20.1 Å². The number of H-pyrrole nitrogens is 2. The van der Waals surface area contributed by atoms with Crippen LogP contribution in [0.25, 0.3) is 56.0 Å². The number of aromatic nitrogens is 7. The number of anilines is 1. The maximum absolute atomic E-state index is 16.0. The second kappa shape index (κ2) is 9.84. The third-order valence-electron chi connectivity index (χ3n) is 6.34. The predicted octanol–water partition coefficient (Wildman–Crippen LogP) is 5.68. The highest BCUT2D eigenvalue weighted by Gasteiger charge is 2.22. The normalized spacial score (nSPS) is 12.5. The van der Waals surface area contributed by atoms with E-state index in [0.717, 1.165) is 0 Å². The topological polar surface area (TPSA) is 128 Å². The number of hydrogen-bond acceptors (Lipinski definition) is 7. The summed E-state index contributed by atoms with van der Waals surface area (Å²) in [4.78, 5) is 20.6. The number of nitrogens with one attached hydrogen (secondary N) is 3. The highest BCUT2D eigenvalue weighted by atomic mass is 19.1. The lowest BCUT2D eigenvalue weighted by molar-refractivity contribution is 0.176. The van der Waals surface area contributed by atoms with Crippen molar-refractivity contribution in [2.45, 2.75) is 26.5 Å². The molecule has 6 aromatic rings. The number of halogens is 2. The molecule has 0 amide bonds. The minimum Gasteiger partial charge on any atom is -0.374 e. The number of rotatable bonds is 7. The van der Waals surface area contributed by atoms with E-state index in [9.17, 15) is 9.50 Å². The molecule has 6 rings (SSSR count). The van der Waals surface area contributed by atoms with Crippen LogP contribution in [0, 0.1) is 17.6 Å². The van der Waals surface area contributed by atoms with Gasteiger partial charge in [0.2, 0.25) is 0 Å². The molecule has 1 unspecified atom stereocenters. The van der Waals surface area contributed by atoms with Crippen LogP contribution in [0.3, 0.4) is 0 Å². The third-order valence-corrected chi connectivity index (χ3v) is 6.34. The van der Waals surface area contributed by atoms with Crippen molar-refractivity contribution in [2.24, 2.45) is 5.92 Å². The molecule has 11 heteroatoms. The number of nitrogens with zero attached hydrogens (tertiary/aromatic N) is 5. The molecule has 39 heavy (non-hydrogen) atoms. The molecular formula is C28H24F2N8O. The summed E-state index contributed by atoms with van der Waals surface area (Å²) in [5.74, 6) is -0.438. The standard InChI is InChI=1S/C28H24F2N8O/c1-14(2)9-21(39)34-16-10-15(11-31-12-16)24-23(30)22-20(13-33-24)37-38-27(22)28-35-19-7-8-32-25(26(19)36-28)17-5-3-4-6-18(17)29/h3-8,10-14,21,34,39H,9H2,1-2H3,(H,35,36)(H,37,38). The molecule has 0 spiro atoms. The van der Waals surface area contributed by atoms with Crippen LogP contribution in [0.5, 0.6) is 0 Å². The molecule has 0 saturated heterocycles. The second-order valence-corrected chi connectivity index (χ2v) is 9.65. The van der Waals surface area contributed by atoms with Gasteiger partial charge in [-0.25, -0.2) is 13.8 Å². The molecule has 9 nitrogen and oxygen atoms in total. The first-order valence-corrected chi connectivity index (χ1v) is 12.4. The Balaban J connectivity index is 1.42. The van der Waals surface area contributed by atoms with Gasteiger partial charge in [0.25, 0.3) is 0 Å². The number of aliphatic hydroxyl groups excluding tert-OH is 1. The van der Waals surface area contributed by atoms with Gasteiger partial charge in [0.05, 0.1) is 34.5 Å². The highest BCUT2D eigenvalue weighted by Crippen LogP contribution is 2.34. The van der Waals surface area contributed by atoms with E-state index in [4.69, 9.17) is 0 Å². The smallest absolute Gasteiger partial charge is 0.161 e. The fourth-order valence-corrected chi connectivity index (χ4v) is 4.59. The monoisotopic (exact) mass is 526 g/mol. The first-order valence-electron chi connectivity index (χ1n) is 12.4. The summed E-state index contributed by atoms with van der Waals surface area (Å²) in [6.45, 7) is 4.02. The number of fused-ring (bicyclic) bond motifs is 2. The molecule has 196 valence electrons. The lowest BCUT2D eigenvalue weighted by Gasteiger charge is -2.16. The van der Waals surface area contributed by atoms with Crippen molar-refractivity contribution < 1.29 is 13.9 Å². The Morgan fingerprint density at radius 2 is 1.82 bits per heavy atom. The molecule has 5 aromatic heterocycles. The zero-order valence-electron chi connectivity index (χ0n) is 21.1. The van der Waals surface area contributed by atoms with Crippen LogP contribution in [0.4, 0.5) is 14.5 Å². The largest absolute Gasteiger partial charge is 0.374 e. The van der Waals surface area contributed by atoms with Gasteiger partial charge in [-0.2, -0.15) is 5.10 Å². The van der Waals surface area contributed by atoms with Gasteiger partial charge in [0.15, 0.2) is 11.6 Å². The molecule has 0 aliphatic heterocycles. The van der Waals surface area contributed by atoms with Gasteiger partial charge in [-0.05, 0) is 36.6 Å². The zero-order chi connectivity index (χ0) is 27.1. The van der Waals surface area contributed by atoms with Crippen molar-refractivity contribution >= 4 is 27.6 Å². The molecule has 1 aromatic carbocycles. The van der Waals surface area contributed by atoms with Crippen LogP contribution in [0.15, 0.2) is 61.2 Å². The number of aliphatic hydroxyl groups is 1. The lowest BCUT2D eigenvalue weighted by atomic mass is 10.1. The van der Waals surface area contributed by atoms with Gasteiger partial charge >= 0.3 is 0 Å². The molecule has 0 saturated carbocycles. The van der Waals surface area contributed by atoms with Crippen LogP contribution in [-0.2, 0) is 0 Å². The van der Waals surface area contributed by atoms with Gasteiger partial charge in [0.1, 0.15) is 34.6 Å². The number of aromatic amines is 2. The quantitative estimate of drug-likeness (QED) is 0.197. The Morgan fingerprint density at radius 1 is 0.974 bits per heavy atom. The maximum Gasteiger partial charge on any atom is 0.161 e. The third kappa shape index (κ3) is 4.57. The molecule has 0 fully saturated rings. The van der Waals surface area contributed by atoms with Crippen molar-refractivity contribution in [3.05, 3.63) is 72.8 Å². The summed E-state index contributed by atoms with van der Waals surface area (Å²) < 4.78 is 30.6. The molecular weight excluding hydrogens is 502 g/mol. The average molecular weight is 527 g/mol. The molecule has 0 bridgehead atoms. The van der Waals surface area contributed by atoms with E-state index < -0.39 is 17.9 Å². The van der Waals surface area contributed by atoms with Crippen molar-refractivity contribution in [3.8, 4) is 34.0 Å². The van der Waals surface area contributed by atoms with E-state index >= 15 is 4.39 Å². The summed E-state index contributed by atoms with van der Waals surface area (Å²) in [5, 5.41) is 20.6. The van der Waals surface area contributed by atoms with Crippen LogP contribution in [-0.4, -0.2) is 46.5 Å². The van der Waals surface area contributed by atoms with Crippen molar-refractivity contribution in [1.29, 1.82) is 0 Å². The molecule has 0 aliphatic rings. The molecule has 4 N–H and O–H groups in total. The van der Waals surface area contributed by atoms with Crippen LogP contribution < -0.4 is 5.32 Å². The van der Waals surface area contributed by atoms with E-state index in [0.29, 0.717) is 57.2 Å². The van der Waals surface area contributed by atoms with E-state index in [-0.39, 0.29) is 16.8 Å². The molecule has 1 atom stereocenters. The summed E-state index contributed by atoms with van der Waals surface area (Å²) in [5.41, 5.74) is 3.39. The summed E-state index contributed by atoms with van der Waals surface area (Å²) >= 11 is 0. The van der Waals surface area contributed by atoms with E-state index in [1.807, 2.05) is 13.8 Å². The fraction of sp³-hybridized carbons (Fsp3) is 0.179. The van der Waals surface area contributed by atoms with Gasteiger partial charge in [0, 0.05) is 23.5 Å². The second-order valence-electron chi connectivity index (χ2n) is 9.65. The van der Waals surface area contributed by atoms with Crippen LogP contribution in [0.1, 0.15) is 20.3 Å². The Labute approximate surface area is 221 Å². The minimum absolute atomic E-state index is 0.0736. The SMILES string of the molecule is CC(C)CC(O)Nc1cncc(-c2ncc3[nH]nc(-c4nc5c(-c6ccccc6F)nccc5[nH]4)c3c2F)c1. The Morgan fingerprint density at radius 3 is 2.64 bits per heavy atom. The predicted molar refractivity (Wildman–Crippen MR) is 144 cm³/mol. The van der Waals surface area contributed by atoms with Crippen LogP contribution >= 0.6 is 0 Å². The Hall–Kier alpha value is -4.77. The van der Waals surface area contributed by atoms with E-state index in [2.05, 4.69) is 40.4 Å². The van der Waals surface area contributed by atoms with Crippen molar-refractivity contribution in [1.82, 2.24) is 35.1 Å². The maximum atomic E-state index is 16.0. The summed E-state index contributed by atoms with van der Waals surface area (Å²) in [6.07, 6.45) is 5.90. The number of imidazole rings is 1. The minimum atomic E-state index is -0.764. The summed E-state index contributed by atoms with van der Waals surface area (Å²) in [7, 11) is 0. The Kier molecular flexibility index (Phi) is 6.20. The summed E-state index contributed by atoms with van der Waals surface area (Å²) in [6, 6.07) is 9.72. The van der Waals surface area contributed by atoms with Crippen LogP contribution in [0.2, 0.25) is 0 Å². The highest BCUT2D eigenvalue weighted by molar-refractivity contribution is 5.97. The first kappa shape index (κ1) is 24.6. The van der Waals surface area contributed by atoms with Gasteiger partial charge in [-0.15, -0.1) is 0 Å². The molecule has 5 heterocycles. The fourth-order valence-electron chi connectivity index (χ4n) is 4.59. The van der Waals surface area contributed by atoms with Gasteiger partial charge < -0.3 is 15.4 Å². The number of pyridine rings is 3. The molecule has 0 aliphatic carbocycles. The number of benzene rings is 1. The first-order chi connectivity index (χ1) is 18.9. The van der Waals surface area contributed by atoms with Crippen molar-refractivity contribution in [2.75, 3.05) is 5.32 Å². The van der Waals surface area contributed by atoms with E-state index in [1.165, 1.54) is 18.5 Å². The zero-order valence-corrected chi connectivity index (χ0v) is 21.1. The Bertz CT molecular complexity index is 1810. The average Bonchev–Trinajstić information content (AvgIpc) is 3.53. The van der Waals surface area contributed by atoms with Crippen molar-refractivity contribution in [3.63, 3.8) is 0 Å². The molecule has 0 radical (unpaired) electrons. The van der Waals surface area contributed by atoms with E-state index in [1.54, 1.807) is 42.7 Å². The number of hydrogen-bond donors (Lipinski definition) is 4. The lowest BCUT2D eigenvalue weighted by Crippen LogP contribution is -2.20.